The van der Waals surface area contributed by atoms with Crippen LogP contribution in [-0.2, 0) is 4.79 Å². The smallest absolute Gasteiger partial charge is 0.241 e. The zero-order chi connectivity index (χ0) is 18.4. The van der Waals surface area contributed by atoms with E-state index < -0.39 is 0 Å². The number of amides is 1. The molecule has 1 N–H and O–H groups in total. The fourth-order valence-corrected chi connectivity index (χ4v) is 3.19. The summed E-state index contributed by atoms with van der Waals surface area (Å²) in [5, 5.41) is 3.02. The maximum absolute atomic E-state index is 12.6. The Balaban J connectivity index is 1.59. The van der Waals surface area contributed by atoms with E-state index in [4.69, 9.17) is 9.47 Å². The third-order valence-corrected chi connectivity index (χ3v) is 4.74. The maximum atomic E-state index is 12.6. The van der Waals surface area contributed by atoms with Crippen molar-refractivity contribution in [1.82, 2.24) is 4.90 Å². The van der Waals surface area contributed by atoms with Crippen LogP contribution in [0.15, 0.2) is 48.5 Å². The second-order valence-electron chi connectivity index (χ2n) is 6.64. The van der Waals surface area contributed by atoms with Gasteiger partial charge >= 0.3 is 0 Å². The predicted molar refractivity (Wildman–Crippen MR) is 103 cm³/mol. The van der Waals surface area contributed by atoms with Crippen molar-refractivity contribution in [2.75, 3.05) is 26.0 Å². The lowest BCUT2D eigenvalue weighted by molar-refractivity contribution is -0.120. The molecule has 0 bridgehead atoms. The molecule has 5 heteroatoms. The van der Waals surface area contributed by atoms with E-state index in [1.807, 2.05) is 55.6 Å². The summed E-state index contributed by atoms with van der Waals surface area (Å²) < 4.78 is 10.9. The highest BCUT2D eigenvalue weighted by atomic mass is 16.5. The largest absolute Gasteiger partial charge is 0.497 e. The van der Waals surface area contributed by atoms with Crippen molar-refractivity contribution in [2.45, 2.75) is 31.7 Å². The minimum absolute atomic E-state index is 0.0484. The van der Waals surface area contributed by atoms with Crippen LogP contribution in [0.25, 0.3) is 0 Å². The zero-order valence-electron chi connectivity index (χ0n) is 15.4. The Morgan fingerprint density at radius 3 is 2.23 bits per heavy atom. The molecule has 1 amide bonds. The highest BCUT2D eigenvalue weighted by Gasteiger charge is 2.24. The third kappa shape index (κ3) is 4.76. The molecule has 1 saturated heterocycles. The van der Waals surface area contributed by atoms with Gasteiger partial charge in [0.25, 0.3) is 0 Å². The number of hydrogen-bond acceptors (Lipinski definition) is 4. The number of carbonyl (C=O) groups excluding carboxylic acids is 1. The molecule has 0 saturated carbocycles. The lowest BCUT2D eigenvalue weighted by Crippen LogP contribution is -2.41. The van der Waals surface area contributed by atoms with Gasteiger partial charge in [0, 0.05) is 5.69 Å². The lowest BCUT2D eigenvalue weighted by Gasteiger charge is -2.24. The van der Waals surface area contributed by atoms with Gasteiger partial charge in [0.05, 0.1) is 13.2 Å². The molecular weight excluding hydrogens is 328 g/mol. The Kier molecular flexibility index (Phi) is 6.12. The van der Waals surface area contributed by atoms with Crippen molar-refractivity contribution in [3.05, 3.63) is 48.5 Å². The Hall–Kier alpha value is -2.53. The van der Waals surface area contributed by atoms with E-state index in [2.05, 4.69) is 10.2 Å². The summed E-state index contributed by atoms with van der Waals surface area (Å²) in [4.78, 5) is 14.7. The summed E-state index contributed by atoms with van der Waals surface area (Å²) >= 11 is 0. The molecule has 0 aromatic heterocycles. The Morgan fingerprint density at radius 2 is 1.58 bits per heavy atom. The first kappa shape index (κ1) is 18.3. The number of anilines is 1. The standard InChI is InChI=1S/C21H26N2O3/c1-23-15-5-3-4-6-20(23)21(24)22-16-7-9-18(10-8-16)26-19-13-11-17(25-2)12-14-19/h7-14,20H,3-6,15H2,1-2H3,(H,22,24). The molecule has 5 nitrogen and oxygen atoms in total. The number of hydrogen-bond donors (Lipinski definition) is 1. The van der Waals surface area contributed by atoms with Crippen LogP contribution in [0.2, 0.25) is 0 Å². The van der Waals surface area contributed by atoms with E-state index in [0.717, 1.165) is 48.7 Å². The van der Waals surface area contributed by atoms with Crippen LogP contribution in [0.1, 0.15) is 25.7 Å². The predicted octanol–water partition coefficient (Wildman–Crippen LogP) is 4.30. The molecule has 3 rings (SSSR count). The van der Waals surface area contributed by atoms with E-state index in [-0.39, 0.29) is 11.9 Å². The average molecular weight is 354 g/mol. The molecule has 2 aromatic carbocycles. The van der Waals surface area contributed by atoms with Gasteiger partial charge in [-0.05, 0) is 75.0 Å². The Bertz CT molecular complexity index is 713. The van der Waals surface area contributed by atoms with Crippen molar-refractivity contribution >= 4 is 11.6 Å². The highest BCUT2D eigenvalue weighted by molar-refractivity contribution is 5.94. The van der Waals surface area contributed by atoms with Gasteiger partial charge in [-0.1, -0.05) is 12.8 Å². The van der Waals surface area contributed by atoms with Crippen LogP contribution < -0.4 is 14.8 Å². The number of nitrogens with one attached hydrogen (secondary N) is 1. The number of methoxy groups -OCH3 is 1. The van der Waals surface area contributed by atoms with Gasteiger partial charge in [-0.2, -0.15) is 0 Å². The minimum atomic E-state index is -0.0484. The van der Waals surface area contributed by atoms with Crippen molar-refractivity contribution in [3.8, 4) is 17.2 Å². The molecule has 1 aliphatic heterocycles. The molecule has 26 heavy (non-hydrogen) atoms. The van der Waals surface area contributed by atoms with Gasteiger partial charge in [-0.15, -0.1) is 0 Å². The first-order valence-corrected chi connectivity index (χ1v) is 9.09. The van der Waals surface area contributed by atoms with E-state index in [9.17, 15) is 4.79 Å². The van der Waals surface area contributed by atoms with Gasteiger partial charge < -0.3 is 14.8 Å². The summed E-state index contributed by atoms with van der Waals surface area (Å²) in [6.07, 6.45) is 4.39. The SMILES string of the molecule is COc1ccc(Oc2ccc(NC(=O)C3CCCCCN3C)cc2)cc1. The van der Waals surface area contributed by atoms with Gasteiger partial charge in [-0.25, -0.2) is 0 Å². The zero-order valence-corrected chi connectivity index (χ0v) is 15.4. The van der Waals surface area contributed by atoms with Gasteiger partial charge in [0.1, 0.15) is 17.2 Å². The highest BCUT2D eigenvalue weighted by Crippen LogP contribution is 2.25. The van der Waals surface area contributed by atoms with Crippen LogP contribution in [-0.4, -0.2) is 37.6 Å². The van der Waals surface area contributed by atoms with E-state index >= 15 is 0 Å². The first-order chi connectivity index (χ1) is 12.7. The van der Waals surface area contributed by atoms with Crippen LogP contribution in [0.5, 0.6) is 17.2 Å². The number of likely N-dealkylation sites (tertiary alicyclic amines) is 1. The number of likely N-dealkylation sites (N-methyl/N-ethyl adjacent to an activating group) is 1. The van der Waals surface area contributed by atoms with Crippen LogP contribution >= 0.6 is 0 Å². The van der Waals surface area contributed by atoms with Crippen LogP contribution in [0, 0.1) is 0 Å². The molecule has 1 aliphatic rings. The third-order valence-electron chi connectivity index (χ3n) is 4.74. The molecule has 1 unspecified atom stereocenters. The second kappa shape index (κ2) is 8.72. The number of benzene rings is 2. The quantitative estimate of drug-likeness (QED) is 0.870. The number of nitrogens with zero attached hydrogens (tertiary/aromatic N) is 1. The molecule has 1 atom stereocenters. The van der Waals surface area contributed by atoms with Gasteiger partial charge in [0.2, 0.25) is 5.91 Å². The normalized spacial score (nSPS) is 18.0. The number of carbonyl (C=O) groups is 1. The summed E-state index contributed by atoms with van der Waals surface area (Å²) in [6.45, 7) is 0.979. The Labute approximate surface area is 154 Å². The minimum Gasteiger partial charge on any atom is -0.497 e. The molecule has 1 fully saturated rings. The van der Waals surface area contributed by atoms with E-state index in [1.165, 1.54) is 6.42 Å². The molecular formula is C21H26N2O3. The molecule has 1 heterocycles. The summed E-state index contributed by atoms with van der Waals surface area (Å²) in [6, 6.07) is 14.8. The fraction of sp³-hybridized carbons (Fsp3) is 0.381. The van der Waals surface area contributed by atoms with Crippen molar-refractivity contribution < 1.29 is 14.3 Å². The average Bonchev–Trinajstić information content (AvgIpc) is 2.88. The molecule has 0 aliphatic carbocycles. The number of rotatable bonds is 5. The Morgan fingerprint density at radius 1 is 0.962 bits per heavy atom. The number of ether oxygens (including phenoxy) is 2. The summed E-state index contributed by atoms with van der Waals surface area (Å²) in [5.74, 6) is 2.32. The van der Waals surface area contributed by atoms with Crippen LogP contribution in [0.3, 0.4) is 0 Å². The summed E-state index contributed by atoms with van der Waals surface area (Å²) in [7, 11) is 3.66. The van der Waals surface area contributed by atoms with Crippen molar-refractivity contribution in [1.29, 1.82) is 0 Å². The fourth-order valence-electron chi connectivity index (χ4n) is 3.19. The summed E-state index contributed by atoms with van der Waals surface area (Å²) in [5.41, 5.74) is 0.787. The molecule has 0 spiro atoms. The van der Waals surface area contributed by atoms with Crippen molar-refractivity contribution in [2.24, 2.45) is 0 Å². The molecule has 2 aromatic rings. The second-order valence-corrected chi connectivity index (χ2v) is 6.64. The first-order valence-electron chi connectivity index (χ1n) is 9.09. The molecule has 0 radical (unpaired) electrons. The molecule has 138 valence electrons. The van der Waals surface area contributed by atoms with Gasteiger partial charge in [0.15, 0.2) is 0 Å². The van der Waals surface area contributed by atoms with E-state index in [1.54, 1.807) is 7.11 Å². The van der Waals surface area contributed by atoms with Crippen LogP contribution in [0.4, 0.5) is 5.69 Å². The van der Waals surface area contributed by atoms with Gasteiger partial charge in [-0.3, -0.25) is 9.69 Å². The monoisotopic (exact) mass is 354 g/mol. The lowest BCUT2D eigenvalue weighted by atomic mass is 10.1. The van der Waals surface area contributed by atoms with E-state index in [0.29, 0.717) is 0 Å². The maximum Gasteiger partial charge on any atom is 0.241 e. The topological polar surface area (TPSA) is 50.8 Å². The van der Waals surface area contributed by atoms with Crippen molar-refractivity contribution in [3.63, 3.8) is 0 Å².